The predicted octanol–water partition coefficient (Wildman–Crippen LogP) is 4.62. The lowest BCUT2D eigenvalue weighted by molar-refractivity contribution is 0.112. The summed E-state index contributed by atoms with van der Waals surface area (Å²) in [6, 6.07) is 7.10. The van der Waals surface area contributed by atoms with Crippen molar-refractivity contribution >= 4 is 30.5 Å². The molecule has 0 fully saturated rings. The van der Waals surface area contributed by atoms with Gasteiger partial charge in [-0.05, 0) is 30.3 Å². The van der Waals surface area contributed by atoms with Gasteiger partial charge in [-0.25, -0.2) is 0 Å². The smallest absolute Gasteiger partial charge is 0.193 e. The monoisotopic (exact) mass is 358 g/mol. The maximum atomic E-state index is 10.7. The maximum absolute atomic E-state index is 10.7. The summed E-state index contributed by atoms with van der Waals surface area (Å²) < 4.78 is 11.8. The van der Waals surface area contributed by atoms with Crippen molar-refractivity contribution in [2.75, 3.05) is 6.61 Å². The molecule has 0 N–H and O–H groups in total. The van der Waals surface area contributed by atoms with Crippen molar-refractivity contribution < 1.29 is 14.0 Å². The maximum Gasteiger partial charge on any atom is 0.193 e. The molecule has 20 heavy (non-hydrogen) atoms. The van der Waals surface area contributed by atoms with Crippen molar-refractivity contribution in [1.29, 1.82) is 0 Å². The highest BCUT2D eigenvalue weighted by Gasteiger charge is 2.38. The summed E-state index contributed by atoms with van der Waals surface area (Å²) in [6.07, 6.45) is 0.810. The normalized spacial score (nSPS) is 13.9. The summed E-state index contributed by atoms with van der Waals surface area (Å²) >= 11 is 3.52. The molecule has 0 saturated carbocycles. The van der Waals surface area contributed by atoms with E-state index in [-0.39, 0.29) is 10.1 Å². The van der Waals surface area contributed by atoms with Crippen molar-refractivity contribution in [1.82, 2.24) is 0 Å². The first-order valence-corrected chi connectivity index (χ1v) is 10.5. The van der Waals surface area contributed by atoms with E-state index in [1.807, 2.05) is 6.07 Å². The highest BCUT2D eigenvalue weighted by molar-refractivity contribution is 9.09. The Morgan fingerprint density at radius 2 is 2.00 bits per heavy atom. The van der Waals surface area contributed by atoms with Crippen molar-refractivity contribution in [3.63, 3.8) is 0 Å². The molecular weight excluding hydrogens is 336 g/mol. The largest absolute Gasteiger partial charge is 0.490 e. The zero-order chi connectivity index (χ0) is 15.4. The predicted molar refractivity (Wildman–Crippen MR) is 88.3 cm³/mol. The van der Waals surface area contributed by atoms with E-state index in [0.29, 0.717) is 17.9 Å². The van der Waals surface area contributed by atoms with Crippen LogP contribution in [0.5, 0.6) is 5.75 Å². The molecule has 0 bridgehead atoms. The molecule has 0 aliphatic rings. The number of carbonyl (C=O) groups is 1. The SMILES string of the molecule is CC(C)(C)[Si](C)(C)OC(Br)COc1cccc(C=O)c1. The molecule has 0 heterocycles. The van der Waals surface area contributed by atoms with Crippen LogP contribution in [-0.4, -0.2) is 26.2 Å². The summed E-state index contributed by atoms with van der Waals surface area (Å²) in [5, 5.41) is 0.0134. The Hall–Kier alpha value is -0.653. The molecule has 0 aromatic heterocycles. The Balaban J connectivity index is 2.55. The topological polar surface area (TPSA) is 35.5 Å². The molecule has 0 amide bonds. The van der Waals surface area contributed by atoms with Crippen LogP contribution in [0.3, 0.4) is 0 Å². The molecule has 0 aliphatic carbocycles. The van der Waals surface area contributed by atoms with E-state index in [4.69, 9.17) is 9.16 Å². The number of aldehydes is 1. The lowest BCUT2D eigenvalue weighted by Gasteiger charge is -2.37. The first kappa shape index (κ1) is 17.4. The first-order valence-electron chi connectivity index (χ1n) is 6.65. The number of carbonyl (C=O) groups excluding carboxylic acids is 1. The average Bonchev–Trinajstić information content (AvgIpc) is 2.35. The third-order valence-electron chi connectivity index (χ3n) is 3.60. The Bertz CT molecular complexity index is 455. The van der Waals surface area contributed by atoms with Gasteiger partial charge in [0.1, 0.15) is 23.7 Å². The number of rotatable bonds is 6. The van der Waals surface area contributed by atoms with Crippen LogP contribution < -0.4 is 4.74 Å². The Labute approximate surface area is 130 Å². The molecule has 1 aromatic carbocycles. The van der Waals surface area contributed by atoms with E-state index >= 15 is 0 Å². The Morgan fingerprint density at radius 3 is 2.55 bits per heavy atom. The lowest BCUT2D eigenvalue weighted by Crippen LogP contribution is -2.43. The van der Waals surface area contributed by atoms with Gasteiger partial charge in [-0.15, -0.1) is 0 Å². The van der Waals surface area contributed by atoms with Crippen LogP contribution in [0, 0.1) is 0 Å². The van der Waals surface area contributed by atoms with Gasteiger partial charge in [0.2, 0.25) is 0 Å². The molecule has 0 radical (unpaired) electrons. The van der Waals surface area contributed by atoms with Crippen molar-refractivity contribution in [3.05, 3.63) is 29.8 Å². The van der Waals surface area contributed by atoms with Gasteiger partial charge < -0.3 is 9.16 Å². The van der Waals surface area contributed by atoms with Gasteiger partial charge in [0.15, 0.2) is 8.32 Å². The summed E-state index contributed by atoms with van der Waals surface area (Å²) in [4.78, 5) is 10.7. The molecule has 1 rings (SSSR count). The van der Waals surface area contributed by atoms with Gasteiger partial charge in [-0.3, -0.25) is 4.79 Å². The molecule has 1 unspecified atom stereocenters. The van der Waals surface area contributed by atoms with Gasteiger partial charge in [-0.2, -0.15) is 0 Å². The second-order valence-corrected chi connectivity index (χ2v) is 12.1. The fourth-order valence-electron chi connectivity index (χ4n) is 1.37. The number of ether oxygens (including phenoxy) is 1. The first-order chi connectivity index (χ1) is 9.15. The van der Waals surface area contributed by atoms with E-state index < -0.39 is 8.32 Å². The second-order valence-electron chi connectivity index (χ2n) is 6.29. The minimum absolute atomic E-state index is 0.150. The molecule has 0 saturated heterocycles. The standard InChI is InChI=1S/C15H23BrO3Si/c1-15(2,3)20(4,5)19-14(16)11-18-13-8-6-7-12(9-13)10-17/h6-10,14H,11H2,1-5H3. The second kappa shape index (κ2) is 6.87. The van der Waals surface area contributed by atoms with Crippen LogP contribution in [0.15, 0.2) is 24.3 Å². The highest BCUT2D eigenvalue weighted by atomic mass is 79.9. The fraction of sp³-hybridized carbons (Fsp3) is 0.533. The van der Waals surface area contributed by atoms with Gasteiger partial charge in [0.05, 0.1) is 0 Å². The Kier molecular flexibility index (Phi) is 5.98. The van der Waals surface area contributed by atoms with Crippen molar-refractivity contribution in [2.24, 2.45) is 0 Å². The fourth-order valence-corrected chi connectivity index (χ4v) is 3.96. The van der Waals surface area contributed by atoms with Crippen LogP contribution in [-0.2, 0) is 4.43 Å². The zero-order valence-corrected chi connectivity index (χ0v) is 15.4. The molecule has 112 valence electrons. The van der Waals surface area contributed by atoms with Crippen LogP contribution >= 0.6 is 15.9 Å². The summed E-state index contributed by atoms with van der Waals surface area (Å²) in [6.45, 7) is 11.4. The van der Waals surface area contributed by atoms with Gasteiger partial charge >= 0.3 is 0 Å². The molecular formula is C15H23BrO3Si. The third kappa shape index (κ3) is 5.03. The minimum Gasteiger partial charge on any atom is -0.490 e. The van der Waals surface area contributed by atoms with Gasteiger partial charge in [-0.1, -0.05) is 48.8 Å². The van der Waals surface area contributed by atoms with E-state index in [0.717, 1.165) is 6.29 Å². The quantitative estimate of drug-likeness (QED) is 0.422. The summed E-state index contributed by atoms with van der Waals surface area (Å²) in [5.41, 5.74) is 0.610. The van der Waals surface area contributed by atoms with E-state index in [2.05, 4.69) is 49.8 Å². The minimum atomic E-state index is -1.81. The molecule has 5 heteroatoms. The van der Waals surface area contributed by atoms with Crippen LogP contribution in [0.1, 0.15) is 31.1 Å². The number of alkyl halides is 1. The van der Waals surface area contributed by atoms with Gasteiger partial charge in [0.25, 0.3) is 0 Å². The number of hydrogen-bond donors (Lipinski definition) is 0. The zero-order valence-electron chi connectivity index (χ0n) is 12.8. The van der Waals surface area contributed by atoms with Crippen LogP contribution in [0.4, 0.5) is 0 Å². The van der Waals surface area contributed by atoms with Crippen LogP contribution in [0.2, 0.25) is 18.1 Å². The van der Waals surface area contributed by atoms with E-state index in [1.54, 1.807) is 18.2 Å². The van der Waals surface area contributed by atoms with E-state index in [9.17, 15) is 4.79 Å². The summed E-state index contributed by atoms with van der Waals surface area (Å²) in [5.74, 6) is 0.679. The lowest BCUT2D eigenvalue weighted by atomic mass is 10.2. The molecule has 0 aliphatic heterocycles. The molecule has 0 spiro atoms. The Morgan fingerprint density at radius 1 is 1.35 bits per heavy atom. The van der Waals surface area contributed by atoms with Crippen molar-refractivity contribution in [2.45, 2.75) is 43.9 Å². The number of halogens is 1. The molecule has 1 atom stereocenters. The molecule has 3 nitrogen and oxygen atoms in total. The third-order valence-corrected chi connectivity index (χ3v) is 8.89. The van der Waals surface area contributed by atoms with Crippen molar-refractivity contribution in [3.8, 4) is 5.75 Å². The number of benzene rings is 1. The van der Waals surface area contributed by atoms with Gasteiger partial charge in [0, 0.05) is 5.56 Å². The summed E-state index contributed by atoms with van der Waals surface area (Å²) in [7, 11) is -1.81. The molecule has 1 aromatic rings. The average molecular weight is 359 g/mol. The van der Waals surface area contributed by atoms with E-state index in [1.165, 1.54) is 0 Å². The highest BCUT2D eigenvalue weighted by Crippen LogP contribution is 2.37. The van der Waals surface area contributed by atoms with Crippen LogP contribution in [0.25, 0.3) is 0 Å². The number of hydrogen-bond acceptors (Lipinski definition) is 3.